The third-order valence-corrected chi connectivity index (χ3v) is 14.5. The molecule has 0 saturated carbocycles. The van der Waals surface area contributed by atoms with Gasteiger partial charge in [0.15, 0.2) is 0 Å². The molecular formula is C64H58N16O4. The number of aromatic nitrogens is 16. The number of ether oxygens (including phenoxy) is 4. The van der Waals surface area contributed by atoms with Crippen LogP contribution in [-0.2, 0) is 52.6 Å². The van der Waals surface area contributed by atoms with Gasteiger partial charge in [-0.1, -0.05) is 69.4 Å². The van der Waals surface area contributed by atoms with Gasteiger partial charge < -0.3 is 28.9 Å². The van der Waals surface area contributed by atoms with Crippen molar-refractivity contribution in [2.75, 3.05) is 0 Å². The molecule has 0 radical (unpaired) electrons. The highest BCUT2D eigenvalue weighted by atomic mass is 16.5. The first-order valence-electron chi connectivity index (χ1n) is 28.0. The van der Waals surface area contributed by atoms with Gasteiger partial charge in [0.1, 0.15) is 72.2 Å². The molecular weight excluding hydrogens is 1060 g/mol. The third kappa shape index (κ3) is 11.2. The van der Waals surface area contributed by atoms with Gasteiger partial charge in [-0.05, 0) is 147 Å². The Morgan fingerprint density at radius 1 is 0.310 bits per heavy atom. The van der Waals surface area contributed by atoms with E-state index in [1.54, 1.807) is 18.7 Å². The Bertz CT molecular complexity index is 3820. The van der Waals surface area contributed by atoms with Crippen molar-refractivity contribution >= 4 is 46.4 Å². The van der Waals surface area contributed by atoms with Gasteiger partial charge in [0.25, 0.3) is 0 Å². The molecule has 13 rings (SSSR count). The number of hydrogen-bond acceptors (Lipinski definition) is 14. The van der Waals surface area contributed by atoms with Gasteiger partial charge in [0, 0.05) is 70.5 Å². The van der Waals surface area contributed by atoms with Crippen molar-refractivity contribution in [3.8, 4) is 67.5 Å². The number of fused-ring (bicyclic) bond motifs is 8. The second-order valence-electron chi connectivity index (χ2n) is 20.0. The smallest absolute Gasteiger partial charge is 0.134 e. The quantitative estimate of drug-likeness (QED) is 0.0726. The molecule has 0 fully saturated rings. The Kier molecular flexibility index (Phi) is 14.6. The lowest BCUT2D eigenvalue weighted by Crippen LogP contribution is -1.96. The fourth-order valence-electron chi connectivity index (χ4n) is 10.2. The number of aromatic amines is 2. The van der Waals surface area contributed by atoms with Crippen LogP contribution in [0.25, 0.3) is 90.9 Å². The average Bonchev–Trinajstić information content (AvgIpc) is 4.59. The lowest BCUT2D eigenvalue weighted by Gasteiger charge is -2.09. The zero-order valence-corrected chi connectivity index (χ0v) is 46.7. The SMILES string of the molecule is CCn1cc(COc2ccc(-c3c4nc(c(-c5ccc(OCc6cn(CC)nn6)cc5)c5ccc([nH]5)c(-c5ccc(OCc6cn(CC)nn6)cc5)c5nc(c(-c6ccc(OCc7cn(CC)nn7)cc6)c6ccc3[nH]6)C=C5)C=C4)cc2)nn1. The summed E-state index contributed by atoms with van der Waals surface area (Å²) in [6.45, 7) is 12.2. The number of nitrogens with zero attached hydrogens (tertiary/aromatic N) is 14. The predicted octanol–water partition coefficient (Wildman–Crippen LogP) is 12.1. The summed E-state index contributed by atoms with van der Waals surface area (Å²) in [7, 11) is 0. The van der Waals surface area contributed by atoms with Crippen molar-refractivity contribution in [1.82, 2.24) is 79.9 Å². The molecule has 0 spiro atoms. The Morgan fingerprint density at radius 3 is 0.738 bits per heavy atom. The Balaban J connectivity index is 0.973. The Labute approximate surface area is 482 Å². The second-order valence-corrected chi connectivity index (χ2v) is 20.0. The van der Waals surface area contributed by atoms with Crippen LogP contribution < -0.4 is 18.9 Å². The topological polar surface area (TPSA) is 217 Å². The second kappa shape index (κ2) is 23.4. The minimum absolute atomic E-state index is 0.286. The standard InChI is InChI=1S/C64H58N16O4/c1-5-77-33-45(69-73-77)37-81-49-17-9-41(10-18-49)61-53-25-27-55(65-53)62(42-11-19-50(20-12-42)82-38-46-34-78(6-2)74-70-46)57-29-31-59(67-57)64(44-15-23-52(24-16-44)84-40-48-36-80(8-4)76-72-48)60-32-30-58(68-60)63(56-28-26-54(61)66-56)43-13-21-51(22-14-43)83-39-47-35-79(7-3)75-71-47/h9-36,65,68H,5-8,37-40H2,1-4H3. The molecule has 11 aromatic rings. The van der Waals surface area contributed by atoms with Crippen molar-refractivity contribution in [3.63, 3.8) is 0 Å². The molecule has 0 amide bonds. The van der Waals surface area contributed by atoms with E-state index in [-0.39, 0.29) is 26.4 Å². The summed E-state index contributed by atoms with van der Waals surface area (Å²) in [6, 6.07) is 40.8. The van der Waals surface area contributed by atoms with E-state index in [0.29, 0.717) is 23.0 Å². The highest BCUT2D eigenvalue weighted by Gasteiger charge is 2.20. The molecule has 0 unspecified atom stereocenters. The molecule has 84 heavy (non-hydrogen) atoms. The highest BCUT2D eigenvalue weighted by molar-refractivity contribution is 6.00. The van der Waals surface area contributed by atoms with E-state index in [4.69, 9.17) is 28.9 Å². The first kappa shape index (κ1) is 52.6. The van der Waals surface area contributed by atoms with Gasteiger partial charge in [-0.15, -0.1) is 20.4 Å². The zero-order chi connectivity index (χ0) is 56.9. The summed E-state index contributed by atoms with van der Waals surface area (Å²) in [4.78, 5) is 18.8. The highest BCUT2D eigenvalue weighted by Crippen LogP contribution is 2.40. The molecule has 0 aliphatic carbocycles. The third-order valence-electron chi connectivity index (χ3n) is 14.5. The largest absolute Gasteiger partial charge is 0.487 e. The fourth-order valence-corrected chi connectivity index (χ4v) is 10.2. The molecule has 4 aromatic carbocycles. The van der Waals surface area contributed by atoms with Gasteiger partial charge >= 0.3 is 0 Å². The predicted molar refractivity (Wildman–Crippen MR) is 321 cm³/mol. The summed E-state index contributed by atoms with van der Waals surface area (Å²) in [5, 5.41) is 33.8. The molecule has 2 aliphatic heterocycles. The Hall–Kier alpha value is -10.8. The van der Waals surface area contributed by atoms with Gasteiger partial charge in [-0.3, -0.25) is 18.7 Å². The summed E-state index contributed by atoms with van der Waals surface area (Å²) in [5.41, 5.74) is 16.7. The molecule has 2 N–H and O–H groups in total. The monoisotopic (exact) mass is 1110 g/mol. The molecule has 20 nitrogen and oxygen atoms in total. The summed E-state index contributed by atoms with van der Waals surface area (Å²) >= 11 is 0. The van der Waals surface area contributed by atoms with Crippen LogP contribution in [-0.4, -0.2) is 79.9 Å². The molecule has 0 saturated heterocycles. The first-order chi connectivity index (χ1) is 41.3. The minimum Gasteiger partial charge on any atom is -0.487 e. The van der Waals surface area contributed by atoms with Crippen molar-refractivity contribution in [2.24, 2.45) is 0 Å². The number of hydrogen-bond donors (Lipinski definition) is 2. The van der Waals surface area contributed by atoms with E-state index in [1.807, 2.05) is 101 Å². The van der Waals surface area contributed by atoms with Crippen LogP contribution in [0.5, 0.6) is 23.0 Å². The molecule has 9 heterocycles. The van der Waals surface area contributed by atoms with E-state index in [9.17, 15) is 0 Å². The summed E-state index contributed by atoms with van der Waals surface area (Å²) in [5.74, 6) is 2.79. The van der Waals surface area contributed by atoms with Crippen LogP contribution in [0, 0.1) is 0 Å². The number of nitrogens with one attached hydrogen (secondary N) is 2. The maximum atomic E-state index is 6.23. The van der Waals surface area contributed by atoms with Crippen LogP contribution in [0.15, 0.2) is 146 Å². The fraction of sp³-hybridized carbons (Fsp3) is 0.188. The van der Waals surface area contributed by atoms with E-state index < -0.39 is 0 Å². The van der Waals surface area contributed by atoms with Crippen molar-refractivity contribution in [1.29, 1.82) is 0 Å². The van der Waals surface area contributed by atoms with E-state index in [0.717, 1.165) is 138 Å². The van der Waals surface area contributed by atoms with E-state index in [1.165, 1.54) is 0 Å². The number of benzene rings is 4. The molecule has 418 valence electrons. The van der Waals surface area contributed by atoms with Crippen molar-refractivity contribution in [3.05, 3.63) is 192 Å². The van der Waals surface area contributed by atoms with Crippen LogP contribution in [0.2, 0.25) is 0 Å². The Morgan fingerprint density at radius 2 is 0.536 bits per heavy atom. The number of H-pyrrole nitrogens is 2. The van der Waals surface area contributed by atoms with Gasteiger partial charge in [-0.2, -0.15) is 0 Å². The number of rotatable bonds is 20. The van der Waals surface area contributed by atoms with Crippen molar-refractivity contribution < 1.29 is 18.9 Å². The summed E-state index contributed by atoms with van der Waals surface area (Å²) in [6.07, 6.45) is 15.9. The van der Waals surface area contributed by atoms with Gasteiger partial charge in [0.2, 0.25) is 0 Å². The molecule has 20 heteroatoms. The average molecular weight is 1120 g/mol. The van der Waals surface area contributed by atoms with Gasteiger partial charge in [0.05, 0.1) is 47.6 Å². The lowest BCUT2D eigenvalue weighted by atomic mass is 10.0. The van der Waals surface area contributed by atoms with Crippen LogP contribution >= 0.6 is 0 Å². The number of aryl methyl sites for hydroxylation is 4. The normalized spacial score (nSPS) is 11.9. The maximum Gasteiger partial charge on any atom is 0.134 e. The summed E-state index contributed by atoms with van der Waals surface area (Å²) < 4.78 is 32.0. The lowest BCUT2D eigenvalue weighted by molar-refractivity contribution is 0.301. The van der Waals surface area contributed by atoms with Gasteiger partial charge in [-0.25, -0.2) is 9.97 Å². The molecule has 7 aromatic heterocycles. The van der Waals surface area contributed by atoms with Crippen LogP contribution in [0.1, 0.15) is 73.2 Å². The van der Waals surface area contributed by atoms with Crippen LogP contribution in [0.4, 0.5) is 0 Å². The molecule has 0 atom stereocenters. The van der Waals surface area contributed by atoms with Crippen molar-refractivity contribution in [2.45, 2.75) is 80.3 Å². The van der Waals surface area contributed by atoms with E-state index in [2.05, 4.69) is 148 Å². The van der Waals surface area contributed by atoms with Crippen LogP contribution in [0.3, 0.4) is 0 Å². The minimum atomic E-state index is 0.286. The molecule has 2 aliphatic rings. The maximum absolute atomic E-state index is 6.23. The van der Waals surface area contributed by atoms with E-state index >= 15 is 0 Å². The molecule has 8 bridgehead atoms. The zero-order valence-electron chi connectivity index (χ0n) is 46.7. The first-order valence-corrected chi connectivity index (χ1v) is 28.0.